The monoisotopic (exact) mass is 395 g/mol. The van der Waals surface area contributed by atoms with Crippen molar-refractivity contribution in [2.45, 2.75) is 19.3 Å². The first-order chi connectivity index (χ1) is 13.6. The summed E-state index contributed by atoms with van der Waals surface area (Å²) >= 11 is 5.94. The van der Waals surface area contributed by atoms with Gasteiger partial charge < -0.3 is 15.0 Å². The van der Waals surface area contributed by atoms with Gasteiger partial charge in [0, 0.05) is 41.1 Å². The maximum Gasteiger partial charge on any atom is 0.266 e. The Morgan fingerprint density at radius 2 is 2.00 bits per heavy atom. The highest BCUT2D eigenvalue weighted by molar-refractivity contribution is 6.31. The molecule has 6 heteroatoms. The van der Waals surface area contributed by atoms with E-state index in [1.807, 2.05) is 24.3 Å². The van der Waals surface area contributed by atoms with Crippen LogP contribution in [0, 0.1) is 11.3 Å². The van der Waals surface area contributed by atoms with Gasteiger partial charge in [-0.2, -0.15) is 5.26 Å². The lowest BCUT2D eigenvalue weighted by Crippen LogP contribution is -2.29. The van der Waals surface area contributed by atoms with Gasteiger partial charge in [0.25, 0.3) is 5.91 Å². The van der Waals surface area contributed by atoms with Crippen molar-refractivity contribution in [3.05, 3.63) is 58.6 Å². The Labute approximate surface area is 170 Å². The number of nitrogens with zero attached hydrogens (tertiary/aromatic N) is 2. The zero-order valence-electron chi connectivity index (χ0n) is 15.7. The molecule has 0 atom stereocenters. The summed E-state index contributed by atoms with van der Waals surface area (Å²) in [5.74, 6) is 0.137. The first-order valence-electron chi connectivity index (χ1n) is 9.22. The summed E-state index contributed by atoms with van der Waals surface area (Å²) in [4.78, 5) is 14.8. The molecule has 28 heavy (non-hydrogen) atoms. The Bertz CT molecular complexity index is 928. The second-order valence-electron chi connectivity index (χ2n) is 6.61. The zero-order valence-corrected chi connectivity index (χ0v) is 16.5. The molecular formula is C22H22ClN3O2. The van der Waals surface area contributed by atoms with Gasteiger partial charge in [0.05, 0.1) is 7.11 Å². The van der Waals surface area contributed by atoms with E-state index in [4.69, 9.17) is 16.3 Å². The fourth-order valence-electron chi connectivity index (χ4n) is 3.24. The number of carbonyl (C=O) groups is 1. The Balaban J connectivity index is 1.82. The molecule has 2 aromatic carbocycles. The minimum absolute atomic E-state index is 0.0102. The molecule has 0 radical (unpaired) electrons. The van der Waals surface area contributed by atoms with Crippen molar-refractivity contribution < 1.29 is 9.53 Å². The van der Waals surface area contributed by atoms with Crippen molar-refractivity contribution in [1.82, 2.24) is 0 Å². The third kappa shape index (κ3) is 4.85. The molecule has 0 saturated carbocycles. The predicted octanol–water partition coefficient (Wildman–Crippen LogP) is 4.88. The van der Waals surface area contributed by atoms with Crippen LogP contribution in [0.2, 0.25) is 5.02 Å². The maximum atomic E-state index is 12.5. The molecule has 5 nitrogen and oxygen atoms in total. The Morgan fingerprint density at radius 1 is 1.21 bits per heavy atom. The maximum absolute atomic E-state index is 12.5. The molecule has 1 aliphatic rings. The van der Waals surface area contributed by atoms with Crippen LogP contribution in [0.5, 0.6) is 5.75 Å². The van der Waals surface area contributed by atoms with Crippen LogP contribution in [0.1, 0.15) is 24.8 Å². The van der Waals surface area contributed by atoms with Gasteiger partial charge in [-0.25, -0.2) is 0 Å². The molecule has 144 valence electrons. The number of rotatable bonds is 5. The fraction of sp³-hybridized carbons (Fsp3) is 0.273. The summed E-state index contributed by atoms with van der Waals surface area (Å²) in [6.45, 7) is 2.06. The van der Waals surface area contributed by atoms with Crippen LogP contribution in [-0.4, -0.2) is 26.1 Å². The van der Waals surface area contributed by atoms with Gasteiger partial charge in [0.1, 0.15) is 17.4 Å². The second kappa shape index (κ2) is 9.29. The Kier molecular flexibility index (Phi) is 6.57. The summed E-state index contributed by atoms with van der Waals surface area (Å²) in [6.07, 6.45) is 5.18. The molecule has 3 rings (SSSR count). The van der Waals surface area contributed by atoms with Crippen molar-refractivity contribution >= 4 is 35.0 Å². The summed E-state index contributed by atoms with van der Waals surface area (Å²) in [5.41, 5.74) is 2.30. The van der Waals surface area contributed by atoms with Gasteiger partial charge in [0.15, 0.2) is 0 Å². The SMILES string of the molecule is COc1cc(N2CCCCC2)ccc1/C=C(/C#N)C(=O)Nc1cccc(Cl)c1. The second-order valence-corrected chi connectivity index (χ2v) is 7.04. The van der Waals surface area contributed by atoms with Gasteiger partial charge >= 0.3 is 0 Å². The molecule has 1 N–H and O–H groups in total. The van der Waals surface area contributed by atoms with E-state index in [-0.39, 0.29) is 5.57 Å². The highest BCUT2D eigenvalue weighted by Gasteiger charge is 2.15. The lowest BCUT2D eigenvalue weighted by molar-refractivity contribution is -0.112. The van der Waals surface area contributed by atoms with E-state index in [2.05, 4.69) is 10.2 Å². The molecule has 1 saturated heterocycles. The highest BCUT2D eigenvalue weighted by atomic mass is 35.5. The largest absolute Gasteiger partial charge is 0.496 e. The molecule has 0 bridgehead atoms. The molecular weight excluding hydrogens is 374 g/mol. The molecule has 2 aromatic rings. The predicted molar refractivity (Wildman–Crippen MR) is 113 cm³/mol. The van der Waals surface area contributed by atoms with E-state index in [1.54, 1.807) is 37.5 Å². The summed E-state index contributed by atoms with van der Waals surface area (Å²) in [5, 5.41) is 12.7. The summed E-state index contributed by atoms with van der Waals surface area (Å²) in [7, 11) is 1.59. The van der Waals surface area contributed by atoms with Crippen molar-refractivity contribution in [2.75, 3.05) is 30.4 Å². The van der Waals surface area contributed by atoms with E-state index in [0.717, 1.165) is 18.8 Å². The van der Waals surface area contributed by atoms with Gasteiger partial charge in [-0.3, -0.25) is 4.79 Å². The molecule has 1 amide bonds. The molecule has 0 aromatic heterocycles. The van der Waals surface area contributed by atoms with Gasteiger partial charge in [-0.05, 0) is 55.7 Å². The van der Waals surface area contributed by atoms with E-state index < -0.39 is 5.91 Å². The smallest absolute Gasteiger partial charge is 0.266 e. The number of hydrogen-bond donors (Lipinski definition) is 1. The zero-order chi connectivity index (χ0) is 19.9. The van der Waals surface area contributed by atoms with Crippen LogP contribution in [0.4, 0.5) is 11.4 Å². The first kappa shape index (κ1) is 19.8. The third-order valence-electron chi connectivity index (χ3n) is 4.69. The Hall–Kier alpha value is -2.97. The number of ether oxygens (including phenoxy) is 1. The molecule has 0 unspecified atom stereocenters. The van der Waals surface area contributed by atoms with Gasteiger partial charge in [-0.1, -0.05) is 17.7 Å². The molecule has 0 aliphatic carbocycles. The van der Waals surface area contributed by atoms with Crippen LogP contribution >= 0.6 is 11.6 Å². The van der Waals surface area contributed by atoms with Gasteiger partial charge in [-0.15, -0.1) is 0 Å². The number of piperidine rings is 1. The van der Waals surface area contributed by atoms with Crippen LogP contribution in [0.25, 0.3) is 6.08 Å². The van der Waals surface area contributed by atoms with Crippen LogP contribution in [0.3, 0.4) is 0 Å². The summed E-state index contributed by atoms with van der Waals surface area (Å²) < 4.78 is 5.51. The van der Waals surface area contributed by atoms with Crippen molar-refractivity contribution in [3.63, 3.8) is 0 Å². The third-order valence-corrected chi connectivity index (χ3v) is 4.92. The average molecular weight is 396 g/mol. The minimum atomic E-state index is -0.494. The van der Waals surface area contributed by atoms with Crippen molar-refractivity contribution in [1.29, 1.82) is 5.26 Å². The number of halogens is 1. The van der Waals surface area contributed by atoms with E-state index >= 15 is 0 Å². The lowest BCUT2D eigenvalue weighted by Gasteiger charge is -2.29. The number of carbonyl (C=O) groups excluding carboxylic acids is 1. The standard InChI is InChI=1S/C22H22ClN3O2/c1-28-21-14-20(26-10-3-2-4-11-26)9-8-16(21)12-17(15-24)22(27)25-19-7-5-6-18(23)13-19/h5-9,12-14H,2-4,10-11H2,1H3,(H,25,27)/b17-12-. The average Bonchev–Trinajstić information content (AvgIpc) is 2.72. The minimum Gasteiger partial charge on any atom is -0.496 e. The van der Waals surface area contributed by atoms with Crippen molar-refractivity contribution in [2.24, 2.45) is 0 Å². The molecule has 1 heterocycles. The molecule has 1 aliphatic heterocycles. The normalized spacial score (nSPS) is 14.3. The van der Waals surface area contributed by atoms with Crippen LogP contribution in [0.15, 0.2) is 48.0 Å². The van der Waals surface area contributed by atoms with Crippen LogP contribution in [-0.2, 0) is 4.79 Å². The van der Waals surface area contributed by atoms with Crippen LogP contribution < -0.4 is 15.0 Å². The number of nitrogens with one attached hydrogen (secondary N) is 1. The summed E-state index contributed by atoms with van der Waals surface area (Å²) in [6, 6.07) is 14.6. The lowest BCUT2D eigenvalue weighted by atomic mass is 10.1. The van der Waals surface area contributed by atoms with E-state index in [0.29, 0.717) is 22.0 Å². The number of methoxy groups -OCH3 is 1. The first-order valence-corrected chi connectivity index (χ1v) is 9.60. The van der Waals surface area contributed by atoms with E-state index in [1.165, 1.54) is 19.3 Å². The molecule has 1 fully saturated rings. The quantitative estimate of drug-likeness (QED) is 0.578. The number of hydrogen-bond acceptors (Lipinski definition) is 4. The Morgan fingerprint density at radius 3 is 2.68 bits per heavy atom. The highest BCUT2D eigenvalue weighted by Crippen LogP contribution is 2.29. The number of anilines is 2. The number of amides is 1. The molecule has 0 spiro atoms. The van der Waals surface area contributed by atoms with Gasteiger partial charge in [0.2, 0.25) is 0 Å². The number of nitriles is 1. The topological polar surface area (TPSA) is 65.4 Å². The van der Waals surface area contributed by atoms with E-state index in [9.17, 15) is 10.1 Å². The van der Waals surface area contributed by atoms with Crippen molar-refractivity contribution in [3.8, 4) is 11.8 Å². The fourth-order valence-corrected chi connectivity index (χ4v) is 3.43. The number of benzene rings is 2.